The Bertz CT molecular complexity index is 970. The molecule has 4 heterocycles. The number of hydrogen-bond donors (Lipinski definition) is 2. The molecule has 3 aromatic heterocycles. The number of pyridine rings is 2. The predicted molar refractivity (Wildman–Crippen MR) is 123 cm³/mol. The summed E-state index contributed by atoms with van der Waals surface area (Å²) in [6, 6.07) is 5.97. The van der Waals surface area contributed by atoms with Crippen LogP contribution in [0.25, 0.3) is 11.1 Å². The van der Waals surface area contributed by atoms with E-state index in [9.17, 15) is 0 Å². The molecule has 0 saturated heterocycles. The van der Waals surface area contributed by atoms with Crippen molar-refractivity contribution in [1.29, 1.82) is 0 Å². The summed E-state index contributed by atoms with van der Waals surface area (Å²) in [7, 11) is 3.52. The minimum Gasteiger partial charge on any atom is -0.481 e. The van der Waals surface area contributed by atoms with E-state index in [1.807, 2.05) is 50.9 Å². The lowest BCUT2D eigenvalue weighted by molar-refractivity contribution is 0.194. The number of nitrogens with one attached hydrogen (secondary N) is 2. The monoisotopic (exact) mass is 422 g/mol. The molecule has 8 nitrogen and oxygen atoms in total. The van der Waals surface area contributed by atoms with Crippen LogP contribution in [0.3, 0.4) is 0 Å². The van der Waals surface area contributed by atoms with E-state index in [0.29, 0.717) is 11.8 Å². The molecule has 1 aliphatic heterocycles. The van der Waals surface area contributed by atoms with Crippen molar-refractivity contribution in [3.63, 3.8) is 0 Å². The minimum absolute atomic E-state index is 0.0400. The molecule has 1 aliphatic rings. The zero-order valence-corrected chi connectivity index (χ0v) is 18.3. The lowest BCUT2D eigenvalue weighted by atomic mass is 10.1. The molecule has 4 rings (SSSR count). The van der Waals surface area contributed by atoms with Gasteiger partial charge in [-0.15, -0.1) is 6.58 Å². The van der Waals surface area contributed by atoms with Gasteiger partial charge >= 0.3 is 0 Å². The number of nitrogens with zero attached hydrogens (tertiary/aromatic N) is 4. The van der Waals surface area contributed by atoms with Crippen molar-refractivity contribution in [2.75, 3.05) is 32.1 Å². The number of methoxy groups -OCH3 is 1. The third kappa shape index (κ3) is 6.29. The fourth-order valence-corrected chi connectivity index (χ4v) is 3.11. The topological polar surface area (TPSA) is 86.1 Å². The average molecular weight is 423 g/mol. The third-order valence-electron chi connectivity index (χ3n) is 4.66. The molecule has 0 spiro atoms. The molecule has 8 heteroatoms. The van der Waals surface area contributed by atoms with Gasteiger partial charge in [0.2, 0.25) is 11.8 Å². The minimum atomic E-state index is 0.0400. The normalized spacial score (nSPS) is 14.4. The van der Waals surface area contributed by atoms with Crippen LogP contribution in [0.5, 0.6) is 11.8 Å². The van der Waals surface area contributed by atoms with Crippen molar-refractivity contribution in [3.8, 4) is 22.9 Å². The third-order valence-corrected chi connectivity index (χ3v) is 4.66. The van der Waals surface area contributed by atoms with E-state index >= 15 is 0 Å². The summed E-state index contributed by atoms with van der Waals surface area (Å²) >= 11 is 0. The molecule has 0 amide bonds. The van der Waals surface area contributed by atoms with Crippen molar-refractivity contribution in [1.82, 2.24) is 25.1 Å². The highest BCUT2D eigenvalue weighted by Crippen LogP contribution is 2.30. The summed E-state index contributed by atoms with van der Waals surface area (Å²) in [6.45, 7) is 7.60. The standard InChI is InChI=1S/C20H24N6O2.C3H6/c1-26-13-16(10-25-26)15-7-18-20(24-9-15)28-17(12-22-18)11-21-6-5-14-3-4-19(27-2)23-8-14;1-3-2/h3-4,7-10,13,17,21-22H,5-6,11-12H2,1-2H3;3H,1H2,2H3. The van der Waals surface area contributed by atoms with Gasteiger partial charge in [0, 0.05) is 49.4 Å². The first-order valence-electron chi connectivity index (χ1n) is 10.3. The van der Waals surface area contributed by atoms with Gasteiger partial charge in [-0.05, 0) is 31.5 Å². The number of fused-ring (bicyclic) bond motifs is 1. The number of aryl methyl sites for hydroxylation is 1. The molecule has 0 aromatic carbocycles. The molecule has 3 aromatic rings. The van der Waals surface area contributed by atoms with Gasteiger partial charge in [0.25, 0.3) is 0 Å². The Hall–Kier alpha value is -3.39. The lowest BCUT2D eigenvalue weighted by Gasteiger charge is -2.27. The number of ether oxygens (including phenoxy) is 2. The molecular formula is C23H30N6O2. The van der Waals surface area contributed by atoms with Gasteiger partial charge in [0.05, 0.1) is 25.5 Å². The van der Waals surface area contributed by atoms with Crippen LogP contribution in [-0.2, 0) is 13.5 Å². The summed E-state index contributed by atoms with van der Waals surface area (Å²) in [4.78, 5) is 8.70. The van der Waals surface area contributed by atoms with Crippen LogP contribution in [0.1, 0.15) is 12.5 Å². The van der Waals surface area contributed by atoms with E-state index in [1.165, 1.54) is 5.56 Å². The number of anilines is 1. The van der Waals surface area contributed by atoms with Crippen molar-refractivity contribution in [3.05, 3.63) is 61.2 Å². The van der Waals surface area contributed by atoms with Crippen LogP contribution < -0.4 is 20.1 Å². The second-order valence-corrected chi connectivity index (χ2v) is 7.17. The van der Waals surface area contributed by atoms with Gasteiger partial charge in [-0.3, -0.25) is 4.68 Å². The second-order valence-electron chi connectivity index (χ2n) is 7.17. The van der Waals surface area contributed by atoms with Gasteiger partial charge in [-0.2, -0.15) is 5.10 Å². The van der Waals surface area contributed by atoms with Crippen LogP contribution >= 0.6 is 0 Å². The zero-order valence-electron chi connectivity index (χ0n) is 18.3. The van der Waals surface area contributed by atoms with E-state index in [1.54, 1.807) is 17.9 Å². The molecule has 0 radical (unpaired) electrons. The summed E-state index contributed by atoms with van der Waals surface area (Å²) in [6.07, 6.45) is 10.2. The van der Waals surface area contributed by atoms with Crippen LogP contribution in [0.4, 0.5) is 5.69 Å². The average Bonchev–Trinajstić information content (AvgIpc) is 3.23. The number of rotatable bonds is 7. The number of hydrogen-bond acceptors (Lipinski definition) is 7. The Labute approximate surface area is 183 Å². The van der Waals surface area contributed by atoms with Gasteiger partial charge in [-0.1, -0.05) is 12.1 Å². The number of allylic oxidation sites excluding steroid dienone is 1. The Kier molecular flexibility index (Phi) is 8.00. The molecule has 0 fully saturated rings. The largest absolute Gasteiger partial charge is 0.481 e. The van der Waals surface area contributed by atoms with Crippen LogP contribution in [0.2, 0.25) is 0 Å². The molecule has 164 valence electrons. The molecule has 1 unspecified atom stereocenters. The van der Waals surface area contributed by atoms with E-state index < -0.39 is 0 Å². The van der Waals surface area contributed by atoms with Crippen molar-refractivity contribution in [2.45, 2.75) is 19.4 Å². The quantitative estimate of drug-likeness (QED) is 0.447. The van der Waals surface area contributed by atoms with Gasteiger partial charge in [0.1, 0.15) is 6.10 Å². The zero-order chi connectivity index (χ0) is 22.1. The Morgan fingerprint density at radius 1 is 1.29 bits per heavy atom. The van der Waals surface area contributed by atoms with Crippen molar-refractivity contribution < 1.29 is 9.47 Å². The molecule has 0 saturated carbocycles. The maximum atomic E-state index is 6.02. The van der Waals surface area contributed by atoms with Gasteiger partial charge in [0.15, 0.2) is 0 Å². The molecular weight excluding hydrogens is 392 g/mol. The number of aromatic nitrogens is 4. The maximum Gasteiger partial charge on any atom is 0.237 e. The van der Waals surface area contributed by atoms with Crippen LogP contribution in [-0.4, -0.2) is 52.6 Å². The fourth-order valence-electron chi connectivity index (χ4n) is 3.11. The SMILES string of the molecule is C=CC.COc1ccc(CCNCC2CNc3cc(-c4cnn(C)c4)cnc3O2)cn1. The van der Waals surface area contributed by atoms with Crippen molar-refractivity contribution in [2.24, 2.45) is 7.05 Å². The smallest absolute Gasteiger partial charge is 0.237 e. The summed E-state index contributed by atoms with van der Waals surface area (Å²) in [5.41, 5.74) is 4.15. The van der Waals surface area contributed by atoms with E-state index in [-0.39, 0.29) is 6.10 Å². The Balaban J connectivity index is 0.000000858. The summed E-state index contributed by atoms with van der Waals surface area (Å²) in [5.74, 6) is 1.28. The Morgan fingerprint density at radius 3 is 2.81 bits per heavy atom. The first-order valence-corrected chi connectivity index (χ1v) is 10.3. The maximum absolute atomic E-state index is 6.02. The highest BCUT2D eigenvalue weighted by molar-refractivity contribution is 5.69. The van der Waals surface area contributed by atoms with Gasteiger partial charge < -0.3 is 20.1 Å². The molecule has 0 bridgehead atoms. The summed E-state index contributed by atoms with van der Waals surface area (Å²) < 4.78 is 12.9. The Morgan fingerprint density at radius 2 is 2.13 bits per heavy atom. The predicted octanol–water partition coefficient (Wildman–Crippen LogP) is 3.08. The highest BCUT2D eigenvalue weighted by atomic mass is 16.5. The second kappa shape index (κ2) is 11.1. The molecule has 0 aliphatic carbocycles. The molecule has 2 N–H and O–H groups in total. The summed E-state index contributed by atoms with van der Waals surface area (Å²) in [5, 5.41) is 11.1. The first kappa shape index (κ1) is 22.3. The highest BCUT2D eigenvalue weighted by Gasteiger charge is 2.20. The molecule has 1 atom stereocenters. The van der Waals surface area contributed by atoms with Crippen LogP contribution in [0, 0.1) is 0 Å². The molecule has 31 heavy (non-hydrogen) atoms. The van der Waals surface area contributed by atoms with E-state index in [2.05, 4.69) is 38.3 Å². The fraction of sp³-hybridized carbons (Fsp3) is 0.348. The van der Waals surface area contributed by atoms with Crippen molar-refractivity contribution >= 4 is 5.69 Å². The lowest BCUT2D eigenvalue weighted by Crippen LogP contribution is -2.40. The van der Waals surface area contributed by atoms with Crippen LogP contribution in [0.15, 0.2) is 55.6 Å². The van der Waals surface area contributed by atoms with Gasteiger partial charge in [-0.25, -0.2) is 9.97 Å². The van der Waals surface area contributed by atoms with E-state index in [0.717, 1.165) is 42.9 Å². The first-order chi connectivity index (χ1) is 15.1. The van der Waals surface area contributed by atoms with E-state index in [4.69, 9.17) is 9.47 Å².